The van der Waals surface area contributed by atoms with Gasteiger partial charge in [-0.1, -0.05) is 40.2 Å². The van der Waals surface area contributed by atoms with Gasteiger partial charge < -0.3 is 5.73 Å². The number of anilines is 1. The monoisotopic (exact) mass is 369 g/mol. The predicted molar refractivity (Wildman–Crippen MR) is 96.4 cm³/mol. The van der Waals surface area contributed by atoms with E-state index in [2.05, 4.69) is 20.9 Å². The molecular weight excluding hydrogens is 354 g/mol. The second-order valence-corrected chi connectivity index (χ2v) is 6.23. The molecule has 0 saturated heterocycles. The predicted octanol–water partition coefficient (Wildman–Crippen LogP) is 4.64. The summed E-state index contributed by atoms with van der Waals surface area (Å²) in [4.78, 5) is 17.9. The highest BCUT2D eigenvalue weighted by atomic mass is 79.9. The molecule has 4 nitrogen and oxygen atoms in total. The maximum absolute atomic E-state index is 12.1. The summed E-state index contributed by atoms with van der Waals surface area (Å²) in [7, 11) is 0. The van der Waals surface area contributed by atoms with Crippen LogP contribution in [0.5, 0.6) is 0 Å². The highest BCUT2D eigenvalue weighted by molar-refractivity contribution is 9.10. The van der Waals surface area contributed by atoms with E-state index in [0.29, 0.717) is 0 Å². The second kappa shape index (κ2) is 6.38. The van der Waals surface area contributed by atoms with Gasteiger partial charge in [0.25, 0.3) is 0 Å². The van der Waals surface area contributed by atoms with Gasteiger partial charge in [0.15, 0.2) is 0 Å². The van der Waals surface area contributed by atoms with E-state index < -0.39 is 6.03 Å². The fourth-order valence-electron chi connectivity index (χ4n) is 2.72. The molecule has 0 fully saturated rings. The van der Waals surface area contributed by atoms with Crippen LogP contribution in [0.25, 0.3) is 10.8 Å². The van der Waals surface area contributed by atoms with Crippen LogP contribution in [-0.2, 0) is 0 Å². The van der Waals surface area contributed by atoms with Gasteiger partial charge in [0.05, 0.1) is 11.7 Å². The third-order valence-corrected chi connectivity index (χ3v) is 4.42. The smallest absolute Gasteiger partial charge is 0.319 e. The summed E-state index contributed by atoms with van der Waals surface area (Å²) in [5.41, 5.74) is 7.49. The molecule has 0 aliphatic heterocycles. The van der Waals surface area contributed by atoms with Crippen molar-refractivity contribution in [3.05, 3.63) is 71.0 Å². The minimum Gasteiger partial charge on any atom is -0.351 e. The molecule has 0 unspecified atom stereocenters. The highest BCUT2D eigenvalue weighted by Crippen LogP contribution is 2.32. The Morgan fingerprint density at radius 1 is 1.17 bits per heavy atom. The first-order chi connectivity index (χ1) is 11.1. The first-order valence-corrected chi connectivity index (χ1v) is 8.04. The number of rotatable bonds is 3. The number of carbonyl (C=O) groups excluding carboxylic acids is 1. The molecule has 23 heavy (non-hydrogen) atoms. The molecule has 2 N–H and O–H groups in total. The summed E-state index contributed by atoms with van der Waals surface area (Å²) in [5.74, 6) is 0. The number of fused-ring (bicyclic) bond motifs is 1. The number of urea groups is 1. The van der Waals surface area contributed by atoms with Crippen LogP contribution < -0.4 is 10.6 Å². The number of amides is 2. The molecule has 1 atom stereocenters. The van der Waals surface area contributed by atoms with Crippen LogP contribution >= 0.6 is 15.9 Å². The summed E-state index contributed by atoms with van der Waals surface area (Å²) >= 11 is 3.43. The van der Waals surface area contributed by atoms with Gasteiger partial charge in [-0.2, -0.15) is 0 Å². The number of primary amides is 1. The van der Waals surface area contributed by atoms with Crippen molar-refractivity contribution in [1.82, 2.24) is 4.98 Å². The van der Waals surface area contributed by atoms with Gasteiger partial charge in [0, 0.05) is 27.6 Å². The summed E-state index contributed by atoms with van der Waals surface area (Å²) in [5, 5.41) is 1.92. The molecule has 1 aromatic heterocycles. The molecule has 3 rings (SSSR count). The Hall–Kier alpha value is -2.40. The second-order valence-electron chi connectivity index (χ2n) is 5.31. The Bertz CT molecular complexity index is 843. The van der Waals surface area contributed by atoms with Gasteiger partial charge in [-0.3, -0.25) is 9.88 Å². The van der Waals surface area contributed by atoms with Crippen molar-refractivity contribution in [2.24, 2.45) is 5.73 Å². The number of benzene rings is 2. The quantitative estimate of drug-likeness (QED) is 0.730. The van der Waals surface area contributed by atoms with Gasteiger partial charge in [-0.25, -0.2) is 4.79 Å². The number of halogens is 1. The van der Waals surface area contributed by atoms with Crippen LogP contribution in [0.1, 0.15) is 18.5 Å². The van der Waals surface area contributed by atoms with Gasteiger partial charge in [-0.05, 0) is 36.8 Å². The first kappa shape index (κ1) is 15.5. The Balaban J connectivity index is 2.11. The van der Waals surface area contributed by atoms with Crippen molar-refractivity contribution in [3.8, 4) is 0 Å². The number of carbonyl (C=O) groups is 1. The van der Waals surface area contributed by atoms with E-state index in [1.807, 2.05) is 55.5 Å². The number of nitrogens with two attached hydrogens (primary N) is 1. The number of pyridine rings is 1. The van der Waals surface area contributed by atoms with Gasteiger partial charge in [0.1, 0.15) is 0 Å². The number of nitrogens with zero attached hydrogens (tertiary/aromatic N) is 2. The Labute approximate surface area is 143 Å². The first-order valence-electron chi connectivity index (χ1n) is 7.25. The summed E-state index contributed by atoms with van der Waals surface area (Å²) in [6.45, 7) is 1.97. The lowest BCUT2D eigenvalue weighted by molar-refractivity contribution is 0.252. The van der Waals surface area contributed by atoms with Crippen molar-refractivity contribution in [1.29, 1.82) is 0 Å². The van der Waals surface area contributed by atoms with Crippen molar-refractivity contribution in [3.63, 3.8) is 0 Å². The Kier molecular flexibility index (Phi) is 4.30. The maximum Gasteiger partial charge on any atom is 0.319 e. The molecule has 0 aliphatic carbocycles. The zero-order valence-corrected chi connectivity index (χ0v) is 14.2. The fourth-order valence-corrected chi connectivity index (χ4v) is 2.99. The normalized spacial score (nSPS) is 12.1. The Morgan fingerprint density at radius 2 is 1.91 bits per heavy atom. The SMILES string of the molecule is C[C@H](c1ccc(Br)cc1)N(C(N)=O)c1cccc2cnccc12. The van der Waals surface area contributed by atoms with E-state index in [9.17, 15) is 4.79 Å². The summed E-state index contributed by atoms with van der Waals surface area (Å²) < 4.78 is 0.996. The molecule has 0 aliphatic rings. The molecule has 0 spiro atoms. The third-order valence-electron chi connectivity index (χ3n) is 3.89. The molecule has 0 radical (unpaired) electrons. The van der Waals surface area contributed by atoms with Crippen LogP contribution in [0.3, 0.4) is 0 Å². The van der Waals surface area contributed by atoms with Crippen molar-refractivity contribution >= 4 is 38.4 Å². The number of hydrogen-bond acceptors (Lipinski definition) is 2. The molecule has 2 aromatic carbocycles. The lowest BCUT2D eigenvalue weighted by Crippen LogP contribution is -2.38. The van der Waals surface area contributed by atoms with Crippen LogP contribution in [-0.4, -0.2) is 11.0 Å². The maximum atomic E-state index is 12.1. The van der Waals surface area contributed by atoms with E-state index in [1.165, 1.54) is 0 Å². The third kappa shape index (κ3) is 3.05. The molecule has 5 heteroatoms. The molecule has 0 bridgehead atoms. The van der Waals surface area contributed by atoms with E-state index in [0.717, 1.165) is 26.5 Å². The van der Waals surface area contributed by atoms with Gasteiger partial charge in [0.2, 0.25) is 0 Å². The van der Waals surface area contributed by atoms with E-state index in [-0.39, 0.29) is 6.04 Å². The minimum atomic E-state index is -0.482. The van der Waals surface area contributed by atoms with Crippen LogP contribution in [0.2, 0.25) is 0 Å². The van der Waals surface area contributed by atoms with E-state index in [4.69, 9.17) is 5.73 Å². The van der Waals surface area contributed by atoms with Crippen LogP contribution in [0.15, 0.2) is 65.4 Å². The average Bonchev–Trinajstić information content (AvgIpc) is 2.55. The van der Waals surface area contributed by atoms with Crippen LogP contribution in [0, 0.1) is 0 Å². The van der Waals surface area contributed by atoms with Crippen LogP contribution in [0.4, 0.5) is 10.5 Å². The highest BCUT2D eigenvalue weighted by Gasteiger charge is 2.22. The molecule has 1 heterocycles. The number of hydrogen-bond donors (Lipinski definition) is 1. The molecule has 116 valence electrons. The van der Waals surface area contributed by atoms with Crippen molar-refractivity contribution in [2.45, 2.75) is 13.0 Å². The zero-order chi connectivity index (χ0) is 16.4. The summed E-state index contributed by atoms with van der Waals surface area (Å²) in [6.07, 6.45) is 3.50. The Morgan fingerprint density at radius 3 is 2.61 bits per heavy atom. The van der Waals surface area contributed by atoms with Crippen molar-refractivity contribution < 1.29 is 4.79 Å². The topological polar surface area (TPSA) is 59.2 Å². The van der Waals surface area contributed by atoms with Gasteiger partial charge >= 0.3 is 6.03 Å². The standard InChI is InChI=1S/C18H16BrN3O/c1-12(13-5-7-15(19)8-6-13)22(18(20)23)17-4-2-3-14-11-21-10-9-16(14)17/h2-12H,1H3,(H2,20,23)/t12-/m1/s1. The molecule has 3 aromatic rings. The largest absolute Gasteiger partial charge is 0.351 e. The van der Waals surface area contributed by atoms with Crippen molar-refractivity contribution in [2.75, 3.05) is 4.90 Å². The lowest BCUT2D eigenvalue weighted by Gasteiger charge is -2.29. The summed E-state index contributed by atoms with van der Waals surface area (Å²) in [6, 6.07) is 14.9. The molecule has 0 saturated carbocycles. The van der Waals surface area contributed by atoms with Gasteiger partial charge in [-0.15, -0.1) is 0 Å². The average molecular weight is 370 g/mol. The lowest BCUT2D eigenvalue weighted by atomic mass is 10.0. The minimum absolute atomic E-state index is 0.181. The fraction of sp³-hybridized carbons (Fsp3) is 0.111. The zero-order valence-electron chi connectivity index (χ0n) is 12.6. The molecule has 2 amide bonds. The van der Waals surface area contributed by atoms with E-state index in [1.54, 1.807) is 17.3 Å². The molecular formula is C18H16BrN3O. The van der Waals surface area contributed by atoms with E-state index >= 15 is 0 Å². The number of aromatic nitrogens is 1.